The van der Waals surface area contributed by atoms with Crippen LogP contribution in [0.2, 0.25) is 0 Å². The van der Waals surface area contributed by atoms with Gasteiger partial charge < -0.3 is 9.84 Å². The molecule has 0 aliphatic heterocycles. The summed E-state index contributed by atoms with van der Waals surface area (Å²) < 4.78 is 31.1. The molecule has 0 aromatic heterocycles. The standard InChI is InChI=1S/C12H23NO5S/c1-10-5-3-6-12(9-10,11(14)15)13-19(16,17)8-4-7-18-2/h10,13H,3-9H2,1-2H3,(H,14,15). The van der Waals surface area contributed by atoms with Crippen molar-refractivity contribution in [2.75, 3.05) is 19.5 Å². The fourth-order valence-electron chi connectivity index (χ4n) is 2.62. The first kappa shape index (κ1) is 16.4. The van der Waals surface area contributed by atoms with Gasteiger partial charge in [-0.2, -0.15) is 4.72 Å². The van der Waals surface area contributed by atoms with E-state index in [4.69, 9.17) is 4.74 Å². The smallest absolute Gasteiger partial charge is 0.324 e. The number of carboxylic acids is 1. The minimum absolute atomic E-state index is 0.107. The Morgan fingerprint density at radius 1 is 1.53 bits per heavy atom. The van der Waals surface area contributed by atoms with Gasteiger partial charge in [0.1, 0.15) is 5.54 Å². The Bertz CT molecular complexity index is 408. The quantitative estimate of drug-likeness (QED) is 0.682. The number of rotatable bonds is 7. The molecule has 1 saturated carbocycles. The molecule has 0 heterocycles. The zero-order chi connectivity index (χ0) is 14.5. The second kappa shape index (κ2) is 6.67. The van der Waals surface area contributed by atoms with Crippen molar-refractivity contribution in [2.45, 2.75) is 44.6 Å². The molecule has 19 heavy (non-hydrogen) atoms. The highest BCUT2D eigenvalue weighted by Gasteiger charge is 2.44. The van der Waals surface area contributed by atoms with Gasteiger partial charge in [0.05, 0.1) is 5.75 Å². The molecule has 112 valence electrons. The van der Waals surface area contributed by atoms with E-state index in [-0.39, 0.29) is 11.7 Å². The molecule has 0 aromatic carbocycles. The van der Waals surface area contributed by atoms with Crippen LogP contribution in [0.5, 0.6) is 0 Å². The highest BCUT2D eigenvalue weighted by Crippen LogP contribution is 2.33. The van der Waals surface area contributed by atoms with Gasteiger partial charge in [-0.25, -0.2) is 8.42 Å². The van der Waals surface area contributed by atoms with Crippen LogP contribution in [-0.2, 0) is 19.6 Å². The molecule has 7 heteroatoms. The molecule has 0 radical (unpaired) electrons. The summed E-state index contributed by atoms with van der Waals surface area (Å²) >= 11 is 0. The summed E-state index contributed by atoms with van der Waals surface area (Å²) in [6.07, 6.45) is 2.74. The van der Waals surface area contributed by atoms with Crippen molar-refractivity contribution in [3.05, 3.63) is 0 Å². The van der Waals surface area contributed by atoms with Crippen LogP contribution in [0.15, 0.2) is 0 Å². The van der Waals surface area contributed by atoms with Gasteiger partial charge in [-0.05, 0) is 25.2 Å². The van der Waals surface area contributed by atoms with E-state index in [1.165, 1.54) is 7.11 Å². The predicted octanol–water partition coefficient (Wildman–Crippen LogP) is 0.976. The average Bonchev–Trinajstić information content (AvgIpc) is 2.28. The lowest BCUT2D eigenvalue weighted by Crippen LogP contribution is -2.57. The third kappa shape index (κ3) is 4.74. The lowest BCUT2D eigenvalue weighted by molar-refractivity contribution is -0.146. The summed E-state index contributed by atoms with van der Waals surface area (Å²) in [6, 6.07) is 0. The molecule has 0 bridgehead atoms. The van der Waals surface area contributed by atoms with Crippen molar-refractivity contribution in [1.82, 2.24) is 4.72 Å². The SMILES string of the molecule is COCCCS(=O)(=O)NC1(C(=O)O)CCCC(C)C1. The van der Waals surface area contributed by atoms with Gasteiger partial charge in [-0.15, -0.1) is 0 Å². The van der Waals surface area contributed by atoms with Crippen molar-refractivity contribution in [3.63, 3.8) is 0 Å². The maximum Gasteiger partial charge on any atom is 0.324 e. The number of hydrogen-bond acceptors (Lipinski definition) is 4. The number of nitrogens with one attached hydrogen (secondary N) is 1. The van der Waals surface area contributed by atoms with E-state index in [9.17, 15) is 18.3 Å². The number of aliphatic carboxylic acids is 1. The Balaban J connectivity index is 2.75. The van der Waals surface area contributed by atoms with Crippen LogP contribution >= 0.6 is 0 Å². The number of sulfonamides is 1. The number of hydrogen-bond donors (Lipinski definition) is 2. The highest BCUT2D eigenvalue weighted by atomic mass is 32.2. The second-order valence-corrected chi connectivity index (χ2v) is 7.20. The van der Waals surface area contributed by atoms with Crippen molar-refractivity contribution >= 4 is 16.0 Å². The van der Waals surface area contributed by atoms with Crippen LogP contribution in [0, 0.1) is 5.92 Å². The number of ether oxygens (including phenoxy) is 1. The Morgan fingerprint density at radius 2 is 2.21 bits per heavy atom. The molecule has 0 amide bonds. The molecule has 2 N–H and O–H groups in total. The molecular weight excluding hydrogens is 270 g/mol. The normalized spacial score (nSPS) is 28.2. The Labute approximate surface area is 114 Å². The van der Waals surface area contributed by atoms with E-state index in [1.807, 2.05) is 6.92 Å². The third-order valence-electron chi connectivity index (χ3n) is 3.52. The molecule has 1 rings (SSSR count). The summed E-state index contributed by atoms with van der Waals surface area (Å²) in [6.45, 7) is 2.30. The van der Waals surface area contributed by atoms with Crippen LogP contribution in [0.1, 0.15) is 39.0 Å². The third-order valence-corrected chi connectivity index (χ3v) is 5.05. The van der Waals surface area contributed by atoms with E-state index >= 15 is 0 Å². The van der Waals surface area contributed by atoms with E-state index in [0.29, 0.717) is 25.9 Å². The van der Waals surface area contributed by atoms with Crippen molar-refractivity contribution in [1.29, 1.82) is 0 Å². The molecule has 0 spiro atoms. The van der Waals surface area contributed by atoms with Gasteiger partial charge in [0.2, 0.25) is 10.0 Å². The van der Waals surface area contributed by atoms with Gasteiger partial charge in [-0.1, -0.05) is 19.8 Å². The van der Waals surface area contributed by atoms with Gasteiger partial charge in [0.25, 0.3) is 0 Å². The van der Waals surface area contributed by atoms with Crippen LogP contribution in [-0.4, -0.2) is 44.5 Å². The van der Waals surface area contributed by atoms with Crippen LogP contribution in [0.4, 0.5) is 0 Å². The van der Waals surface area contributed by atoms with Gasteiger partial charge in [-0.3, -0.25) is 4.79 Å². The Kier molecular flexibility index (Phi) is 5.76. The first-order valence-corrected chi connectivity index (χ1v) is 8.20. The van der Waals surface area contributed by atoms with Gasteiger partial charge in [0.15, 0.2) is 0 Å². The first-order valence-electron chi connectivity index (χ1n) is 6.55. The van der Waals surface area contributed by atoms with Gasteiger partial charge in [0, 0.05) is 13.7 Å². The first-order chi connectivity index (χ1) is 8.81. The van der Waals surface area contributed by atoms with Crippen molar-refractivity contribution in [3.8, 4) is 0 Å². The topological polar surface area (TPSA) is 92.7 Å². The lowest BCUT2D eigenvalue weighted by Gasteiger charge is -2.36. The number of carbonyl (C=O) groups is 1. The summed E-state index contributed by atoms with van der Waals surface area (Å²) in [5.74, 6) is -0.967. The minimum Gasteiger partial charge on any atom is -0.480 e. The highest BCUT2D eigenvalue weighted by molar-refractivity contribution is 7.89. The second-order valence-electron chi connectivity index (χ2n) is 5.36. The van der Waals surface area contributed by atoms with E-state index < -0.39 is 21.5 Å². The number of methoxy groups -OCH3 is 1. The van der Waals surface area contributed by atoms with Crippen LogP contribution in [0.3, 0.4) is 0 Å². The lowest BCUT2D eigenvalue weighted by atomic mass is 9.77. The van der Waals surface area contributed by atoms with E-state index in [0.717, 1.165) is 12.8 Å². The summed E-state index contributed by atoms with van der Waals surface area (Å²) in [5, 5.41) is 9.39. The molecular formula is C12H23NO5S. The van der Waals surface area contributed by atoms with Crippen molar-refractivity contribution in [2.24, 2.45) is 5.92 Å². The van der Waals surface area contributed by atoms with E-state index in [2.05, 4.69) is 4.72 Å². The zero-order valence-corrected chi connectivity index (χ0v) is 12.3. The summed E-state index contributed by atoms with van der Waals surface area (Å²) in [5.41, 5.74) is -1.33. The minimum atomic E-state index is -3.59. The molecule has 1 aliphatic rings. The fraction of sp³-hybridized carbons (Fsp3) is 0.917. The maximum atomic E-state index is 12.0. The van der Waals surface area contributed by atoms with Crippen LogP contribution < -0.4 is 4.72 Å². The van der Waals surface area contributed by atoms with Gasteiger partial charge >= 0.3 is 5.97 Å². The molecule has 0 aromatic rings. The summed E-state index contributed by atoms with van der Waals surface area (Å²) in [7, 11) is -2.09. The average molecular weight is 293 g/mol. The fourth-order valence-corrected chi connectivity index (χ4v) is 4.09. The molecule has 2 unspecified atom stereocenters. The molecule has 1 fully saturated rings. The largest absolute Gasteiger partial charge is 0.480 e. The predicted molar refractivity (Wildman–Crippen MR) is 71.4 cm³/mol. The maximum absolute atomic E-state index is 12.0. The Morgan fingerprint density at radius 3 is 2.74 bits per heavy atom. The molecule has 0 saturated heterocycles. The van der Waals surface area contributed by atoms with E-state index in [1.54, 1.807) is 0 Å². The zero-order valence-electron chi connectivity index (χ0n) is 11.5. The number of carboxylic acid groups (broad SMARTS) is 1. The monoisotopic (exact) mass is 293 g/mol. The molecule has 2 atom stereocenters. The Hall–Kier alpha value is -0.660. The molecule has 6 nitrogen and oxygen atoms in total. The van der Waals surface area contributed by atoms with Crippen molar-refractivity contribution < 1.29 is 23.1 Å². The van der Waals surface area contributed by atoms with Crippen LogP contribution in [0.25, 0.3) is 0 Å². The molecule has 1 aliphatic carbocycles. The summed E-state index contributed by atoms with van der Waals surface area (Å²) in [4.78, 5) is 11.5.